The lowest BCUT2D eigenvalue weighted by Gasteiger charge is -2.29. The molecule has 4 rings (SSSR count). The summed E-state index contributed by atoms with van der Waals surface area (Å²) < 4.78 is 5.56. The number of rotatable bonds is 7. The summed E-state index contributed by atoms with van der Waals surface area (Å²) in [5.74, 6) is 0.349. The Hall–Kier alpha value is -3.60. The highest BCUT2D eigenvalue weighted by atomic mass is 16.5. The minimum absolute atomic E-state index is 0.00482. The van der Waals surface area contributed by atoms with Crippen LogP contribution in [-0.4, -0.2) is 25.0 Å². The van der Waals surface area contributed by atoms with E-state index < -0.39 is 0 Å². The van der Waals surface area contributed by atoms with Crippen LogP contribution in [-0.2, 0) is 17.8 Å². The summed E-state index contributed by atoms with van der Waals surface area (Å²) >= 11 is 0. The van der Waals surface area contributed by atoms with Crippen molar-refractivity contribution in [3.05, 3.63) is 95.6 Å². The predicted molar refractivity (Wildman–Crippen MR) is 117 cm³/mol. The van der Waals surface area contributed by atoms with E-state index >= 15 is 0 Å². The molecule has 2 amide bonds. The Balaban J connectivity index is 1.42. The van der Waals surface area contributed by atoms with Gasteiger partial charge < -0.3 is 15.0 Å². The van der Waals surface area contributed by atoms with E-state index in [0.29, 0.717) is 30.1 Å². The second-order valence-corrected chi connectivity index (χ2v) is 7.28. The number of amides is 2. The number of carbonyl (C=O) groups is 2. The molecule has 1 aliphatic heterocycles. The third-order valence-electron chi connectivity index (χ3n) is 5.12. The van der Waals surface area contributed by atoms with E-state index in [1.807, 2.05) is 48.5 Å². The van der Waals surface area contributed by atoms with E-state index in [2.05, 4.69) is 17.4 Å². The molecule has 5 heteroatoms. The Morgan fingerprint density at radius 3 is 2.37 bits per heavy atom. The second-order valence-electron chi connectivity index (χ2n) is 7.28. The summed E-state index contributed by atoms with van der Waals surface area (Å²) in [7, 11) is 0. The zero-order chi connectivity index (χ0) is 20.8. The molecular formula is C25H24N2O3. The van der Waals surface area contributed by atoms with Crippen LogP contribution in [0, 0.1) is 0 Å². The number of benzene rings is 3. The molecule has 1 aliphatic rings. The average molecular weight is 400 g/mol. The van der Waals surface area contributed by atoms with Gasteiger partial charge in [0.25, 0.3) is 11.8 Å². The Kier molecular flexibility index (Phi) is 6.09. The Bertz CT molecular complexity index is 1020. The fourth-order valence-electron chi connectivity index (χ4n) is 3.52. The monoisotopic (exact) mass is 400 g/mol. The SMILES string of the molecule is O=C(NCCCc1ccccc1)c1ccc2c(c1)N(Cc1ccccc1)C(=O)CO2. The van der Waals surface area contributed by atoms with E-state index in [4.69, 9.17) is 4.74 Å². The molecule has 0 unspecified atom stereocenters. The maximum Gasteiger partial charge on any atom is 0.265 e. The van der Waals surface area contributed by atoms with Crippen LogP contribution in [0.4, 0.5) is 5.69 Å². The van der Waals surface area contributed by atoms with Crippen molar-refractivity contribution in [3.8, 4) is 5.75 Å². The first kappa shape index (κ1) is 19.7. The lowest BCUT2D eigenvalue weighted by Crippen LogP contribution is -2.38. The first-order chi connectivity index (χ1) is 14.7. The van der Waals surface area contributed by atoms with E-state index in [1.54, 1.807) is 23.1 Å². The molecule has 0 radical (unpaired) electrons. The van der Waals surface area contributed by atoms with Gasteiger partial charge in [0, 0.05) is 12.1 Å². The zero-order valence-corrected chi connectivity index (χ0v) is 16.7. The lowest BCUT2D eigenvalue weighted by atomic mass is 10.1. The van der Waals surface area contributed by atoms with Crippen molar-refractivity contribution in [1.82, 2.24) is 5.32 Å². The number of carbonyl (C=O) groups excluding carboxylic acids is 2. The smallest absolute Gasteiger partial charge is 0.265 e. The molecule has 1 N–H and O–H groups in total. The van der Waals surface area contributed by atoms with Gasteiger partial charge in [0.2, 0.25) is 0 Å². The number of hydrogen-bond donors (Lipinski definition) is 1. The quantitative estimate of drug-likeness (QED) is 0.611. The standard InChI is InChI=1S/C25H24N2O3/c28-24-18-30-23-14-13-21(16-22(23)27(24)17-20-10-5-2-6-11-20)25(29)26-15-7-12-19-8-3-1-4-9-19/h1-6,8-11,13-14,16H,7,12,15,17-18H2,(H,26,29). The number of nitrogens with zero attached hydrogens (tertiary/aromatic N) is 1. The lowest BCUT2D eigenvalue weighted by molar-refractivity contribution is -0.121. The summed E-state index contributed by atoms with van der Waals surface area (Å²) in [6, 6.07) is 25.2. The van der Waals surface area contributed by atoms with Gasteiger partial charge in [0.15, 0.2) is 6.61 Å². The van der Waals surface area contributed by atoms with Crippen molar-refractivity contribution in [2.45, 2.75) is 19.4 Å². The number of aryl methyl sites for hydroxylation is 1. The van der Waals surface area contributed by atoms with E-state index in [1.165, 1.54) is 5.56 Å². The van der Waals surface area contributed by atoms with Gasteiger partial charge in [-0.25, -0.2) is 0 Å². The molecule has 0 spiro atoms. The summed E-state index contributed by atoms with van der Waals surface area (Å²) in [5, 5.41) is 2.97. The van der Waals surface area contributed by atoms with Crippen LogP contribution in [0.5, 0.6) is 5.75 Å². The molecule has 3 aromatic rings. The highest BCUT2D eigenvalue weighted by Gasteiger charge is 2.26. The zero-order valence-electron chi connectivity index (χ0n) is 16.7. The molecule has 0 aliphatic carbocycles. The normalized spacial score (nSPS) is 12.8. The van der Waals surface area contributed by atoms with Crippen LogP contribution in [0.25, 0.3) is 0 Å². The highest BCUT2D eigenvalue weighted by Crippen LogP contribution is 2.34. The summed E-state index contributed by atoms with van der Waals surface area (Å²) in [5.41, 5.74) is 3.43. The minimum Gasteiger partial charge on any atom is -0.482 e. The molecule has 0 atom stereocenters. The Morgan fingerprint density at radius 1 is 0.933 bits per heavy atom. The minimum atomic E-state index is -0.149. The molecule has 152 valence electrons. The van der Waals surface area contributed by atoms with Gasteiger partial charge >= 0.3 is 0 Å². The van der Waals surface area contributed by atoms with Crippen molar-refractivity contribution in [2.75, 3.05) is 18.1 Å². The molecular weight excluding hydrogens is 376 g/mol. The van der Waals surface area contributed by atoms with Gasteiger partial charge in [0.05, 0.1) is 12.2 Å². The van der Waals surface area contributed by atoms with Gasteiger partial charge in [-0.1, -0.05) is 60.7 Å². The highest BCUT2D eigenvalue weighted by molar-refractivity contribution is 6.01. The molecule has 1 heterocycles. The number of nitrogens with one attached hydrogen (secondary N) is 1. The maximum atomic E-state index is 12.6. The van der Waals surface area contributed by atoms with Gasteiger partial charge in [-0.05, 0) is 42.2 Å². The summed E-state index contributed by atoms with van der Waals surface area (Å²) in [4.78, 5) is 26.8. The predicted octanol–water partition coefficient (Wildman–Crippen LogP) is 3.97. The van der Waals surface area contributed by atoms with Gasteiger partial charge in [-0.15, -0.1) is 0 Å². The third-order valence-corrected chi connectivity index (χ3v) is 5.12. The fraction of sp³-hybridized carbons (Fsp3) is 0.200. The molecule has 0 fully saturated rings. The van der Waals surface area contributed by atoms with Crippen LogP contribution in [0.3, 0.4) is 0 Å². The first-order valence-corrected chi connectivity index (χ1v) is 10.1. The average Bonchev–Trinajstić information content (AvgIpc) is 2.79. The van der Waals surface area contributed by atoms with Crippen LogP contribution in [0.2, 0.25) is 0 Å². The van der Waals surface area contributed by atoms with E-state index in [0.717, 1.165) is 18.4 Å². The molecule has 30 heavy (non-hydrogen) atoms. The third kappa shape index (κ3) is 4.69. The van der Waals surface area contributed by atoms with Crippen LogP contribution in [0.1, 0.15) is 27.9 Å². The molecule has 0 bridgehead atoms. The van der Waals surface area contributed by atoms with Crippen LogP contribution < -0.4 is 15.0 Å². The second kappa shape index (κ2) is 9.27. The van der Waals surface area contributed by atoms with Gasteiger partial charge in [-0.2, -0.15) is 0 Å². The van der Waals surface area contributed by atoms with Crippen molar-refractivity contribution in [2.24, 2.45) is 0 Å². The van der Waals surface area contributed by atoms with Crippen LogP contribution in [0.15, 0.2) is 78.9 Å². The van der Waals surface area contributed by atoms with Crippen molar-refractivity contribution >= 4 is 17.5 Å². The summed E-state index contributed by atoms with van der Waals surface area (Å²) in [6.07, 6.45) is 1.78. The van der Waals surface area contributed by atoms with E-state index in [9.17, 15) is 9.59 Å². The number of hydrogen-bond acceptors (Lipinski definition) is 3. The fourth-order valence-corrected chi connectivity index (χ4v) is 3.52. The Morgan fingerprint density at radius 2 is 1.63 bits per heavy atom. The molecule has 5 nitrogen and oxygen atoms in total. The molecule has 3 aromatic carbocycles. The topological polar surface area (TPSA) is 58.6 Å². The van der Waals surface area contributed by atoms with Gasteiger partial charge in [-0.3, -0.25) is 9.59 Å². The van der Waals surface area contributed by atoms with Gasteiger partial charge in [0.1, 0.15) is 5.75 Å². The Labute approximate surface area is 176 Å². The van der Waals surface area contributed by atoms with Crippen molar-refractivity contribution in [1.29, 1.82) is 0 Å². The summed E-state index contributed by atoms with van der Waals surface area (Å²) in [6.45, 7) is 1.04. The van der Waals surface area contributed by atoms with Crippen molar-refractivity contribution < 1.29 is 14.3 Å². The maximum absolute atomic E-state index is 12.6. The number of ether oxygens (including phenoxy) is 1. The van der Waals surface area contributed by atoms with Crippen LogP contribution >= 0.6 is 0 Å². The molecule has 0 saturated carbocycles. The molecule has 0 aromatic heterocycles. The van der Waals surface area contributed by atoms with E-state index in [-0.39, 0.29) is 18.4 Å². The number of anilines is 1. The first-order valence-electron chi connectivity index (χ1n) is 10.1. The largest absolute Gasteiger partial charge is 0.482 e. The van der Waals surface area contributed by atoms with Crippen molar-refractivity contribution in [3.63, 3.8) is 0 Å². The number of fused-ring (bicyclic) bond motifs is 1. The molecule has 0 saturated heterocycles.